The molecule has 1 aliphatic heterocycles. The van der Waals surface area contributed by atoms with Crippen molar-refractivity contribution < 1.29 is 18.3 Å². The fourth-order valence-electron chi connectivity index (χ4n) is 2.90. The molecule has 1 heterocycles. The molecule has 0 aromatic heterocycles. The molecule has 0 aliphatic carbocycles. The number of carbonyl (C=O) groups is 1. The predicted molar refractivity (Wildman–Crippen MR) is 98.0 cm³/mol. The van der Waals surface area contributed by atoms with Crippen molar-refractivity contribution in [2.75, 3.05) is 11.9 Å². The molecule has 1 aliphatic rings. The molecule has 0 fully saturated rings. The van der Waals surface area contributed by atoms with E-state index < -0.39 is 21.5 Å². The van der Waals surface area contributed by atoms with Gasteiger partial charge in [-0.05, 0) is 35.6 Å². The lowest BCUT2D eigenvalue weighted by Crippen LogP contribution is -2.34. The number of hydrogen-bond donors (Lipinski definition) is 3. The predicted octanol–water partition coefficient (Wildman–Crippen LogP) is 2.38. The van der Waals surface area contributed by atoms with Crippen LogP contribution in [0.5, 0.6) is 0 Å². The monoisotopic (exact) mass is 368 g/mol. The highest BCUT2D eigenvalue weighted by Gasteiger charge is 2.33. The molecule has 0 saturated heterocycles. The minimum absolute atomic E-state index is 0.0672. The van der Waals surface area contributed by atoms with E-state index in [0.29, 0.717) is 18.5 Å². The first-order valence-corrected chi connectivity index (χ1v) is 9.93. The van der Waals surface area contributed by atoms with E-state index in [9.17, 15) is 18.3 Å². The Morgan fingerprint density at radius 1 is 1.32 bits per heavy atom. The molecule has 0 spiro atoms. The summed E-state index contributed by atoms with van der Waals surface area (Å²) in [5.41, 5.74) is 0.749. The van der Waals surface area contributed by atoms with Gasteiger partial charge in [0.1, 0.15) is 0 Å². The maximum Gasteiger partial charge on any atom is 0.240 e. The summed E-state index contributed by atoms with van der Waals surface area (Å²) in [5, 5.41) is 12.8. The second kappa shape index (κ2) is 6.70. The second-order valence-corrected chi connectivity index (χ2v) is 10.2. The van der Waals surface area contributed by atoms with Gasteiger partial charge in [-0.2, -0.15) is 0 Å². The first kappa shape index (κ1) is 19.9. The summed E-state index contributed by atoms with van der Waals surface area (Å²) in [5.74, 6) is -0.0672. The van der Waals surface area contributed by atoms with Gasteiger partial charge in [-0.3, -0.25) is 4.79 Å². The van der Waals surface area contributed by atoms with Crippen molar-refractivity contribution in [1.29, 1.82) is 0 Å². The summed E-state index contributed by atoms with van der Waals surface area (Å²) in [7, 11) is -3.67. The number of aliphatic hydroxyl groups is 1. The van der Waals surface area contributed by atoms with Gasteiger partial charge in [0.25, 0.3) is 0 Å². The lowest BCUT2D eigenvalue weighted by Gasteiger charge is -2.32. The van der Waals surface area contributed by atoms with E-state index in [2.05, 4.69) is 10.0 Å². The molecule has 1 atom stereocenters. The van der Waals surface area contributed by atoms with Crippen molar-refractivity contribution in [3.05, 3.63) is 23.8 Å². The lowest BCUT2D eigenvalue weighted by atomic mass is 9.78. The molecule has 1 aromatic rings. The Bertz CT molecular complexity index is 764. The van der Waals surface area contributed by atoms with Gasteiger partial charge in [-0.1, -0.05) is 34.6 Å². The molecular formula is C18H28N2O4S. The van der Waals surface area contributed by atoms with Gasteiger partial charge in [0.15, 0.2) is 0 Å². The summed E-state index contributed by atoms with van der Waals surface area (Å²) in [6.45, 7) is 9.74. The van der Waals surface area contributed by atoms with E-state index in [-0.39, 0.29) is 22.8 Å². The van der Waals surface area contributed by atoms with Crippen LogP contribution in [0.15, 0.2) is 23.1 Å². The number of anilines is 1. The number of hydrogen-bond acceptors (Lipinski definition) is 4. The lowest BCUT2D eigenvalue weighted by molar-refractivity contribution is -0.117. The molecule has 0 bridgehead atoms. The van der Waals surface area contributed by atoms with E-state index >= 15 is 0 Å². The fourth-order valence-corrected chi connectivity index (χ4v) is 3.97. The zero-order chi connectivity index (χ0) is 19.0. The molecular weight excluding hydrogens is 340 g/mol. The van der Waals surface area contributed by atoms with Crippen LogP contribution in [0.3, 0.4) is 0 Å². The smallest absolute Gasteiger partial charge is 0.240 e. The van der Waals surface area contributed by atoms with E-state index in [4.69, 9.17) is 0 Å². The van der Waals surface area contributed by atoms with E-state index in [0.717, 1.165) is 5.56 Å². The third kappa shape index (κ3) is 4.59. The number of fused-ring (bicyclic) bond motifs is 1. The largest absolute Gasteiger partial charge is 0.393 e. The zero-order valence-electron chi connectivity index (χ0n) is 15.5. The molecule has 1 unspecified atom stereocenters. The van der Waals surface area contributed by atoms with Gasteiger partial charge in [0, 0.05) is 24.1 Å². The average Bonchev–Trinajstić information content (AvgIpc) is 2.44. The number of carbonyl (C=O) groups excluding carboxylic acids is 1. The van der Waals surface area contributed by atoms with E-state index in [1.807, 2.05) is 34.6 Å². The number of nitrogens with one attached hydrogen (secondary N) is 2. The standard InChI is InChI=1S/C18H28N2O4S/c1-17(2,3)15(21)8-9-19-25(23,24)12-6-7-14-13(10-12)18(4,5)11-16(22)20-14/h6-7,10,15,19,21H,8-9,11H2,1-5H3,(H,20,22). The Labute approximate surface area is 150 Å². The first-order chi connectivity index (χ1) is 11.3. The number of sulfonamides is 1. The van der Waals surface area contributed by atoms with Crippen LogP contribution in [0.25, 0.3) is 0 Å². The van der Waals surface area contributed by atoms with Gasteiger partial charge in [-0.15, -0.1) is 0 Å². The van der Waals surface area contributed by atoms with Crippen molar-refractivity contribution in [2.45, 2.75) is 63.9 Å². The maximum atomic E-state index is 12.5. The highest BCUT2D eigenvalue weighted by Crippen LogP contribution is 2.38. The third-order valence-corrected chi connectivity index (χ3v) is 6.08. The minimum atomic E-state index is -3.67. The molecule has 3 N–H and O–H groups in total. The van der Waals surface area contributed by atoms with Gasteiger partial charge in [-0.25, -0.2) is 13.1 Å². The van der Waals surface area contributed by atoms with Crippen LogP contribution >= 0.6 is 0 Å². The Hall–Kier alpha value is -1.44. The van der Waals surface area contributed by atoms with Gasteiger partial charge < -0.3 is 10.4 Å². The van der Waals surface area contributed by atoms with Crippen LogP contribution in [-0.2, 0) is 20.2 Å². The minimum Gasteiger partial charge on any atom is -0.393 e. The van der Waals surface area contributed by atoms with Crippen LogP contribution in [0.4, 0.5) is 5.69 Å². The van der Waals surface area contributed by atoms with Crippen molar-refractivity contribution >= 4 is 21.6 Å². The summed E-state index contributed by atoms with van der Waals surface area (Å²) in [4.78, 5) is 11.9. The maximum absolute atomic E-state index is 12.5. The number of amides is 1. The van der Waals surface area contributed by atoms with Crippen LogP contribution in [0, 0.1) is 5.41 Å². The Kier molecular flexibility index (Phi) is 5.33. The summed E-state index contributed by atoms with van der Waals surface area (Å²) >= 11 is 0. The SMILES string of the molecule is CC1(C)CC(=O)Nc2ccc(S(=O)(=O)NCCC(O)C(C)(C)C)cc21. The molecule has 0 saturated carbocycles. The Balaban J connectivity index is 2.17. The van der Waals surface area contributed by atoms with E-state index in [1.54, 1.807) is 12.1 Å². The molecule has 0 radical (unpaired) electrons. The van der Waals surface area contributed by atoms with Gasteiger partial charge in [0.2, 0.25) is 15.9 Å². The zero-order valence-corrected chi connectivity index (χ0v) is 16.3. The van der Waals surface area contributed by atoms with Crippen molar-refractivity contribution in [2.24, 2.45) is 5.41 Å². The van der Waals surface area contributed by atoms with Crippen LogP contribution in [0.1, 0.15) is 53.0 Å². The molecule has 7 heteroatoms. The van der Waals surface area contributed by atoms with Crippen molar-refractivity contribution in [1.82, 2.24) is 4.72 Å². The highest BCUT2D eigenvalue weighted by atomic mass is 32.2. The number of benzene rings is 1. The van der Waals surface area contributed by atoms with Crippen LogP contribution in [-0.4, -0.2) is 32.1 Å². The van der Waals surface area contributed by atoms with Gasteiger partial charge in [0.05, 0.1) is 11.0 Å². The number of rotatable bonds is 5. The quantitative estimate of drug-likeness (QED) is 0.743. The summed E-state index contributed by atoms with van der Waals surface area (Å²) < 4.78 is 27.6. The second-order valence-electron chi connectivity index (χ2n) is 8.38. The fraction of sp³-hybridized carbons (Fsp3) is 0.611. The number of aliphatic hydroxyl groups excluding tert-OH is 1. The van der Waals surface area contributed by atoms with Crippen LogP contribution < -0.4 is 10.0 Å². The van der Waals surface area contributed by atoms with Gasteiger partial charge >= 0.3 is 0 Å². The molecule has 2 rings (SSSR count). The normalized spacial score (nSPS) is 18.4. The summed E-state index contributed by atoms with van der Waals surface area (Å²) in [6, 6.07) is 4.74. The van der Waals surface area contributed by atoms with Crippen molar-refractivity contribution in [3.63, 3.8) is 0 Å². The first-order valence-electron chi connectivity index (χ1n) is 8.45. The molecule has 25 heavy (non-hydrogen) atoms. The van der Waals surface area contributed by atoms with E-state index in [1.165, 1.54) is 6.07 Å². The Morgan fingerprint density at radius 2 is 1.96 bits per heavy atom. The molecule has 1 amide bonds. The Morgan fingerprint density at radius 3 is 2.56 bits per heavy atom. The summed E-state index contributed by atoms with van der Waals surface area (Å²) in [6.07, 6.45) is 0.0667. The third-order valence-electron chi connectivity index (χ3n) is 4.62. The highest BCUT2D eigenvalue weighted by molar-refractivity contribution is 7.89. The molecule has 6 nitrogen and oxygen atoms in total. The topological polar surface area (TPSA) is 95.5 Å². The van der Waals surface area contributed by atoms with Crippen LogP contribution in [0.2, 0.25) is 0 Å². The average molecular weight is 368 g/mol. The molecule has 140 valence electrons. The van der Waals surface area contributed by atoms with Crippen molar-refractivity contribution in [3.8, 4) is 0 Å². The molecule has 1 aromatic carbocycles.